The van der Waals surface area contributed by atoms with Gasteiger partial charge in [-0.1, -0.05) is 11.4 Å². The van der Waals surface area contributed by atoms with Crippen LogP contribution in [0, 0.1) is 0 Å². The molecule has 2 atom stereocenters. The van der Waals surface area contributed by atoms with Crippen LogP contribution >= 0.6 is 28.8 Å². The van der Waals surface area contributed by atoms with Crippen molar-refractivity contribution in [2.24, 2.45) is 0 Å². The van der Waals surface area contributed by atoms with Gasteiger partial charge in [0.2, 0.25) is 0 Å². The van der Waals surface area contributed by atoms with Gasteiger partial charge in [0.1, 0.15) is 6.04 Å². The molecule has 1 N–H and O–H groups in total. The van der Waals surface area contributed by atoms with Gasteiger partial charge in [-0.25, -0.2) is 5.09 Å². The van der Waals surface area contributed by atoms with Crippen LogP contribution in [0.5, 0.6) is 0 Å². The lowest BCUT2D eigenvalue weighted by Gasteiger charge is -2.22. The fourth-order valence-corrected chi connectivity index (χ4v) is 6.67. The summed E-state index contributed by atoms with van der Waals surface area (Å²) in [5.41, 5.74) is -2.04. The number of carbonyl (C=O) groups excluding carboxylic acids is 1. The van der Waals surface area contributed by atoms with Crippen LogP contribution in [0.1, 0.15) is 6.42 Å². The minimum atomic E-state index is -2.04. The third kappa shape index (κ3) is 4.55. The highest BCUT2D eigenvalue weighted by Crippen LogP contribution is 2.60. The summed E-state index contributed by atoms with van der Waals surface area (Å²) in [6, 6.07) is -0.339. The number of thioether (sulfide) groups is 1. The van der Waals surface area contributed by atoms with E-state index in [-0.39, 0.29) is 12.0 Å². The molecule has 94 valence electrons. The number of hydrogen-bond donors (Lipinski definition) is 1. The van der Waals surface area contributed by atoms with Crippen molar-refractivity contribution in [2.75, 3.05) is 31.5 Å². The SMILES string of the molecule is COC(=O)C(CCSC)NP1(=S)OCCS1. The van der Waals surface area contributed by atoms with Crippen molar-refractivity contribution in [3.05, 3.63) is 0 Å². The summed E-state index contributed by atoms with van der Waals surface area (Å²) >= 11 is 8.70. The molecule has 0 saturated carbocycles. The first kappa shape index (κ1) is 14.8. The molecule has 1 aliphatic rings. The van der Waals surface area contributed by atoms with E-state index < -0.39 is 5.62 Å². The highest BCUT2D eigenvalue weighted by atomic mass is 32.9. The summed E-state index contributed by atoms with van der Waals surface area (Å²) in [6.45, 7) is 0.672. The van der Waals surface area contributed by atoms with Gasteiger partial charge in [0.15, 0.2) is 5.62 Å². The van der Waals surface area contributed by atoms with E-state index in [4.69, 9.17) is 21.1 Å². The summed E-state index contributed by atoms with van der Waals surface area (Å²) in [5.74, 6) is 1.54. The number of esters is 1. The average molecular weight is 301 g/mol. The molecule has 4 nitrogen and oxygen atoms in total. The van der Waals surface area contributed by atoms with Gasteiger partial charge in [0.05, 0.1) is 13.7 Å². The molecule has 0 amide bonds. The van der Waals surface area contributed by atoms with Crippen molar-refractivity contribution < 1.29 is 14.1 Å². The fourth-order valence-electron chi connectivity index (χ4n) is 1.23. The van der Waals surface area contributed by atoms with E-state index in [1.165, 1.54) is 7.11 Å². The Balaban J connectivity index is 2.55. The molecule has 0 aromatic carbocycles. The topological polar surface area (TPSA) is 47.6 Å². The van der Waals surface area contributed by atoms with E-state index >= 15 is 0 Å². The Morgan fingerprint density at radius 2 is 2.56 bits per heavy atom. The van der Waals surface area contributed by atoms with E-state index in [0.29, 0.717) is 6.61 Å². The lowest BCUT2D eigenvalue weighted by molar-refractivity contribution is -0.142. The first-order chi connectivity index (χ1) is 7.61. The predicted molar refractivity (Wildman–Crippen MR) is 74.6 cm³/mol. The largest absolute Gasteiger partial charge is 0.468 e. The summed E-state index contributed by atoms with van der Waals surface area (Å²) < 4.78 is 10.3. The van der Waals surface area contributed by atoms with E-state index in [0.717, 1.165) is 17.9 Å². The monoisotopic (exact) mass is 301 g/mol. The summed E-state index contributed by atoms with van der Waals surface area (Å²) in [4.78, 5) is 11.6. The predicted octanol–water partition coefficient (Wildman–Crippen LogP) is 1.86. The molecule has 1 saturated heterocycles. The molecule has 1 aliphatic heterocycles. The number of hydrogen-bond acceptors (Lipinski definition) is 6. The number of ether oxygens (including phenoxy) is 1. The standard InChI is InChI=1S/C8H16NO3PS3/c1-11-8(10)7(3-5-15-2)9-13(14)12-4-6-16-13/h7H,3-6H2,1-2H3,(H,9,14). The molecule has 0 aromatic rings. The van der Waals surface area contributed by atoms with Crippen LogP contribution in [-0.2, 0) is 25.9 Å². The lowest BCUT2D eigenvalue weighted by atomic mass is 10.2. The number of methoxy groups -OCH3 is 1. The summed E-state index contributed by atoms with van der Waals surface area (Å²) in [5, 5.41) is 3.16. The first-order valence-corrected chi connectivity index (χ1v) is 10.6. The zero-order valence-corrected chi connectivity index (χ0v) is 12.6. The van der Waals surface area contributed by atoms with Gasteiger partial charge in [-0.3, -0.25) is 4.79 Å². The van der Waals surface area contributed by atoms with Crippen molar-refractivity contribution in [1.82, 2.24) is 5.09 Å². The summed E-state index contributed by atoms with van der Waals surface area (Å²) in [6.07, 6.45) is 2.73. The maximum absolute atomic E-state index is 11.6. The highest BCUT2D eigenvalue weighted by molar-refractivity contribution is 8.69. The Morgan fingerprint density at radius 3 is 3.06 bits per heavy atom. The Hall–Kier alpha value is 0.740. The van der Waals surface area contributed by atoms with Crippen molar-refractivity contribution in [3.8, 4) is 0 Å². The van der Waals surface area contributed by atoms with Gasteiger partial charge in [-0.05, 0) is 30.2 Å². The van der Waals surface area contributed by atoms with Gasteiger partial charge < -0.3 is 9.26 Å². The number of rotatable bonds is 6. The van der Waals surface area contributed by atoms with E-state index in [2.05, 4.69) is 5.09 Å². The van der Waals surface area contributed by atoms with E-state index in [1.54, 1.807) is 23.1 Å². The van der Waals surface area contributed by atoms with Crippen molar-refractivity contribution in [1.29, 1.82) is 0 Å². The molecule has 1 heterocycles. The molecule has 0 spiro atoms. The van der Waals surface area contributed by atoms with Crippen LogP contribution in [0.15, 0.2) is 0 Å². The highest BCUT2D eigenvalue weighted by Gasteiger charge is 2.30. The summed E-state index contributed by atoms with van der Waals surface area (Å²) in [7, 11) is 1.40. The Kier molecular flexibility index (Phi) is 6.69. The minimum absolute atomic E-state index is 0.255. The molecule has 16 heavy (non-hydrogen) atoms. The van der Waals surface area contributed by atoms with Gasteiger partial charge in [-0.2, -0.15) is 11.8 Å². The second kappa shape index (κ2) is 7.24. The van der Waals surface area contributed by atoms with Gasteiger partial charge in [0, 0.05) is 5.75 Å². The maximum Gasteiger partial charge on any atom is 0.323 e. The van der Waals surface area contributed by atoms with Crippen LogP contribution in [0.25, 0.3) is 0 Å². The third-order valence-electron chi connectivity index (χ3n) is 2.02. The zero-order valence-electron chi connectivity index (χ0n) is 9.30. The fraction of sp³-hybridized carbons (Fsp3) is 0.875. The Bertz CT molecular complexity index is 280. The normalized spacial score (nSPS) is 26.6. The van der Waals surface area contributed by atoms with E-state index in [9.17, 15) is 4.79 Å². The van der Waals surface area contributed by atoms with E-state index in [1.807, 2.05) is 6.26 Å². The van der Waals surface area contributed by atoms with Crippen LogP contribution < -0.4 is 5.09 Å². The second-order valence-corrected chi connectivity index (χ2v) is 10.9. The van der Waals surface area contributed by atoms with Crippen molar-refractivity contribution >= 4 is 46.5 Å². The molecule has 8 heteroatoms. The molecule has 0 aromatic heterocycles. The molecule has 1 rings (SSSR count). The molecule has 2 unspecified atom stereocenters. The first-order valence-electron chi connectivity index (χ1n) is 4.85. The number of carbonyl (C=O) groups is 1. The third-order valence-corrected chi connectivity index (χ3v) is 8.28. The zero-order chi connectivity index (χ0) is 12.0. The second-order valence-electron chi connectivity index (χ2n) is 3.15. The molecule has 0 bridgehead atoms. The van der Waals surface area contributed by atoms with Crippen LogP contribution in [0.2, 0.25) is 0 Å². The minimum Gasteiger partial charge on any atom is -0.468 e. The molecule has 0 radical (unpaired) electrons. The van der Waals surface area contributed by atoms with Gasteiger partial charge in [0.25, 0.3) is 0 Å². The average Bonchev–Trinajstić information content (AvgIpc) is 2.70. The Morgan fingerprint density at radius 1 is 1.81 bits per heavy atom. The molecule has 1 fully saturated rings. The van der Waals surface area contributed by atoms with Crippen LogP contribution in [0.3, 0.4) is 0 Å². The molecule has 0 aliphatic carbocycles. The van der Waals surface area contributed by atoms with Gasteiger partial charge >= 0.3 is 5.97 Å². The molecular formula is C8H16NO3PS3. The van der Waals surface area contributed by atoms with Crippen LogP contribution in [0.4, 0.5) is 0 Å². The van der Waals surface area contributed by atoms with Gasteiger partial charge in [-0.15, -0.1) is 0 Å². The Labute approximate surface area is 109 Å². The number of nitrogens with one attached hydrogen (secondary N) is 1. The molecular weight excluding hydrogens is 285 g/mol. The van der Waals surface area contributed by atoms with Crippen molar-refractivity contribution in [3.63, 3.8) is 0 Å². The van der Waals surface area contributed by atoms with Crippen LogP contribution in [-0.4, -0.2) is 43.5 Å². The smallest absolute Gasteiger partial charge is 0.323 e. The quantitative estimate of drug-likeness (QED) is 0.593. The lowest BCUT2D eigenvalue weighted by Crippen LogP contribution is -2.35. The maximum atomic E-state index is 11.6. The van der Waals surface area contributed by atoms with Crippen molar-refractivity contribution in [2.45, 2.75) is 12.5 Å².